The van der Waals surface area contributed by atoms with Crippen LogP contribution in [-0.2, 0) is 14.3 Å². The molecule has 0 aromatic carbocycles. The number of hydrogen-bond acceptors (Lipinski definition) is 4. The van der Waals surface area contributed by atoms with Gasteiger partial charge in [0.1, 0.15) is 0 Å². The third-order valence-corrected chi connectivity index (χ3v) is 1.31. The molecule has 0 heterocycles. The second kappa shape index (κ2) is 4.81. The molecule has 0 saturated heterocycles. The lowest BCUT2D eigenvalue weighted by Gasteiger charge is -2.22. The van der Waals surface area contributed by atoms with Gasteiger partial charge in [0.15, 0.2) is 0 Å². The first-order valence-electron chi connectivity index (χ1n) is 4.03. The summed E-state index contributed by atoms with van der Waals surface area (Å²) in [5.74, 6) is -1.76. The van der Waals surface area contributed by atoms with Gasteiger partial charge in [-0.05, 0) is 20.8 Å². The summed E-state index contributed by atoms with van der Waals surface area (Å²) in [5.41, 5.74) is -0.802. The molecule has 0 aliphatic carbocycles. The molecule has 0 radical (unpaired) electrons. The van der Waals surface area contributed by atoms with Crippen molar-refractivity contribution in [3.63, 3.8) is 0 Å². The molecule has 0 fully saturated rings. The molecule has 0 atom stereocenters. The Balaban J connectivity index is 4.07. The van der Waals surface area contributed by atoms with E-state index < -0.39 is 17.4 Å². The first-order valence-corrected chi connectivity index (χ1v) is 4.03. The van der Waals surface area contributed by atoms with Gasteiger partial charge in [-0.2, -0.15) is 0 Å². The van der Waals surface area contributed by atoms with E-state index in [1.807, 2.05) is 0 Å². The van der Waals surface area contributed by atoms with Gasteiger partial charge in [0.25, 0.3) is 0 Å². The van der Waals surface area contributed by atoms with E-state index in [0.29, 0.717) is 0 Å². The van der Waals surface area contributed by atoms with Crippen LogP contribution in [0.4, 0.5) is 0 Å². The van der Waals surface area contributed by atoms with Crippen LogP contribution in [0.5, 0.6) is 0 Å². The largest absolute Gasteiger partial charge is 0.459 e. The quantitative estimate of drug-likeness (QED) is 0.461. The lowest BCUT2D eigenvalue weighted by atomic mass is 10.1. The van der Waals surface area contributed by atoms with Gasteiger partial charge in [-0.1, -0.05) is 0 Å². The van der Waals surface area contributed by atoms with Gasteiger partial charge in [-0.3, -0.25) is 4.79 Å². The molecule has 0 rings (SSSR count). The zero-order chi connectivity index (χ0) is 10.5. The number of aliphatic hydroxyl groups excluding tert-OH is 1. The topological polar surface area (TPSA) is 75.6 Å². The number of hydrogen-bond donors (Lipinski definition) is 2. The van der Waals surface area contributed by atoms with Gasteiger partial charge in [-0.15, -0.1) is 0 Å². The number of aliphatic hydroxyl groups is 1. The molecule has 0 aliphatic heterocycles. The number of carbonyl (C=O) groups is 2. The molecular weight excluding hydrogens is 174 g/mol. The fourth-order valence-electron chi connectivity index (χ4n) is 0.595. The Hall–Kier alpha value is -1.10. The molecule has 5 nitrogen and oxygen atoms in total. The fraction of sp³-hybridized carbons (Fsp3) is 0.750. The summed E-state index contributed by atoms with van der Waals surface area (Å²) >= 11 is 0. The maximum absolute atomic E-state index is 11.0. The SMILES string of the molecule is CCOC(=O)C(=O)NC(C)(C)CO. The second-order valence-corrected chi connectivity index (χ2v) is 3.22. The highest BCUT2D eigenvalue weighted by Gasteiger charge is 2.24. The average Bonchev–Trinajstić information content (AvgIpc) is 2.04. The van der Waals surface area contributed by atoms with Crippen molar-refractivity contribution in [1.82, 2.24) is 5.32 Å². The highest BCUT2D eigenvalue weighted by molar-refractivity contribution is 6.32. The summed E-state index contributed by atoms with van der Waals surface area (Å²) in [6.07, 6.45) is 0. The molecule has 2 N–H and O–H groups in total. The monoisotopic (exact) mass is 189 g/mol. The van der Waals surface area contributed by atoms with Gasteiger partial charge in [-0.25, -0.2) is 4.79 Å². The molecule has 0 spiro atoms. The molecule has 13 heavy (non-hydrogen) atoms. The first-order chi connectivity index (χ1) is 5.93. The minimum Gasteiger partial charge on any atom is -0.459 e. The van der Waals surface area contributed by atoms with Crippen molar-refractivity contribution in [2.75, 3.05) is 13.2 Å². The van der Waals surface area contributed by atoms with Crippen molar-refractivity contribution in [1.29, 1.82) is 0 Å². The summed E-state index contributed by atoms with van der Waals surface area (Å²) in [7, 11) is 0. The van der Waals surface area contributed by atoms with Crippen LogP contribution in [0.2, 0.25) is 0 Å². The molecule has 0 saturated carbocycles. The van der Waals surface area contributed by atoms with Crippen LogP contribution >= 0.6 is 0 Å². The zero-order valence-corrected chi connectivity index (χ0v) is 8.09. The van der Waals surface area contributed by atoms with Crippen molar-refractivity contribution in [3.05, 3.63) is 0 Å². The number of amides is 1. The number of ether oxygens (including phenoxy) is 1. The van der Waals surface area contributed by atoms with E-state index in [4.69, 9.17) is 5.11 Å². The third-order valence-electron chi connectivity index (χ3n) is 1.31. The molecule has 5 heteroatoms. The van der Waals surface area contributed by atoms with Gasteiger partial charge in [0.2, 0.25) is 0 Å². The molecule has 0 aliphatic rings. The van der Waals surface area contributed by atoms with E-state index in [1.54, 1.807) is 20.8 Å². The first kappa shape index (κ1) is 11.9. The summed E-state index contributed by atoms with van der Waals surface area (Å²) in [5, 5.41) is 11.1. The number of rotatable bonds is 3. The Bertz CT molecular complexity index is 200. The van der Waals surface area contributed by atoms with Crippen LogP contribution in [0.25, 0.3) is 0 Å². The van der Waals surface area contributed by atoms with Crippen LogP contribution < -0.4 is 5.32 Å². The normalized spacial score (nSPS) is 10.8. The summed E-state index contributed by atoms with van der Waals surface area (Å²) < 4.78 is 4.46. The van der Waals surface area contributed by atoms with E-state index in [-0.39, 0.29) is 13.2 Å². The Morgan fingerprint density at radius 2 is 2.00 bits per heavy atom. The molecular formula is C8H15NO4. The van der Waals surface area contributed by atoms with Gasteiger partial charge >= 0.3 is 11.9 Å². The Morgan fingerprint density at radius 3 is 2.38 bits per heavy atom. The minimum absolute atomic E-state index is 0.159. The second-order valence-electron chi connectivity index (χ2n) is 3.22. The van der Waals surface area contributed by atoms with Gasteiger partial charge in [0, 0.05) is 0 Å². The van der Waals surface area contributed by atoms with Gasteiger partial charge in [0.05, 0.1) is 18.8 Å². The standard InChI is InChI=1S/C8H15NO4/c1-4-13-7(12)6(11)9-8(2,3)5-10/h10H,4-5H2,1-3H3,(H,9,11). The Labute approximate surface area is 77.1 Å². The fourth-order valence-corrected chi connectivity index (χ4v) is 0.595. The highest BCUT2D eigenvalue weighted by Crippen LogP contribution is 1.99. The van der Waals surface area contributed by atoms with Crippen LogP contribution in [0.15, 0.2) is 0 Å². The van der Waals surface area contributed by atoms with Crippen molar-refractivity contribution in [3.8, 4) is 0 Å². The highest BCUT2D eigenvalue weighted by atomic mass is 16.5. The van der Waals surface area contributed by atoms with Crippen molar-refractivity contribution < 1.29 is 19.4 Å². The molecule has 1 amide bonds. The number of carbonyl (C=O) groups excluding carboxylic acids is 2. The summed E-state index contributed by atoms with van der Waals surface area (Å²) in [4.78, 5) is 21.8. The number of esters is 1. The lowest BCUT2D eigenvalue weighted by Crippen LogP contribution is -2.49. The van der Waals surface area contributed by atoms with Gasteiger partial charge < -0.3 is 15.2 Å². The van der Waals surface area contributed by atoms with Crippen LogP contribution in [0.1, 0.15) is 20.8 Å². The third kappa shape index (κ3) is 4.47. The predicted molar refractivity (Wildman–Crippen MR) is 45.9 cm³/mol. The Kier molecular flexibility index (Phi) is 4.40. The number of nitrogens with one attached hydrogen (secondary N) is 1. The average molecular weight is 189 g/mol. The molecule has 0 bridgehead atoms. The predicted octanol–water partition coefficient (Wildman–Crippen LogP) is -0.563. The van der Waals surface area contributed by atoms with E-state index >= 15 is 0 Å². The molecule has 0 aromatic rings. The van der Waals surface area contributed by atoms with E-state index in [0.717, 1.165) is 0 Å². The smallest absolute Gasteiger partial charge is 0.396 e. The minimum atomic E-state index is -0.927. The van der Waals surface area contributed by atoms with Crippen LogP contribution in [0.3, 0.4) is 0 Å². The van der Waals surface area contributed by atoms with E-state index in [1.165, 1.54) is 0 Å². The molecule has 0 aromatic heterocycles. The van der Waals surface area contributed by atoms with Crippen molar-refractivity contribution in [2.24, 2.45) is 0 Å². The van der Waals surface area contributed by atoms with Crippen LogP contribution in [-0.4, -0.2) is 35.7 Å². The summed E-state index contributed by atoms with van der Waals surface area (Å²) in [6, 6.07) is 0. The lowest BCUT2D eigenvalue weighted by molar-refractivity contribution is -0.155. The zero-order valence-electron chi connectivity index (χ0n) is 8.09. The Morgan fingerprint density at radius 1 is 1.46 bits per heavy atom. The van der Waals surface area contributed by atoms with E-state index in [2.05, 4.69) is 10.1 Å². The maximum Gasteiger partial charge on any atom is 0.396 e. The molecule has 0 unspecified atom stereocenters. The van der Waals surface area contributed by atoms with Crippen molar-refractivity contribution in [2.45, 2.75) is 26.3 Å². The maximum atomic E-state index is 11.0. The van der Waals surface area contributed by atoms with Crippen LogP contribution in [0, 0.1) is 0 Å². The molecule has 76 valence electrons. The van der Waals surface area contributed by atoms with E-state index in [9.17, 15) is 9.59 Å². The van der Waals surface area contributed by atoms with Crippen molar-refractivity contribution >= 4 is 11.9 Å². The summed E-state index contributed by atoms with van der Waals surface area (Å²) in [6.45, 7) is 4.74.